The molecule has 0 radical (unpaired) electrons. The van der Waals surface area contributed by atoms with Crippen molar-refractivity contribution in [2.24, 2.45) is 0 Å². The standard InChI is InChI=1S/C14H17NO/c1-2-4-13-12(3-1)6-8-16-14(13)9-11-5-7-15-10-11/h1-4,9,14-15H,5-8,10H2. The highest BCUT2D eigenvalue weighted by Gasteiger charge is 2.19. The van der Waals surface area contributed by atoms with Gasteiger partial charge in [0.15, 0.2) is 0 Å². The summed E-state index contributed by atoms with van der Waals surface area (Å²) in [5, 5.41) is 3.36. The van der Waals surface area contributed by atoms with Crippen LogP contribution in [0.25, 0.3) is 0 Å². The van der Waals surface area contributed by atoms with E-state index in [0.29, 0.717) is 0 Å². The summed E-state index contributed by atoms with van der Waals surface area (Å²) in [4.78, 5) is 0. The molecule has 1 saturated heterocycles. The zero-order chi connectivity index (χ0) is 10.8. The lowest BCUT2D eigenvalue weighted by Gasteiger charge is -2.24. The zero-order valence-electron chi connectivity index (χ0n) is 9.41. The van der Waals surface area contributed by atoms with Crippen LogP contribution in [0, 0.1) is 0 Å². The van der Waals surface area contributed by atoms with E-state index in [1.807, 2.05) is 0 Å². The van der Waals surface area contributed by atoms with Crippen LogP contribution in [-0.2, 0) is 11.2 Å². The molecule has 3 rings (SSSR count). The van der Waals surface area contributed by atoms with Gasteiger partial charge in [-0.1, -0.05) is 35.9 Å². The second kappa shape index (κ2) is 4.40. The predicted molar refractivity (Wildman–Crippen MR) is 64.4 cm³/mol. The fraction of sp³-hybridized carbons (Fsp3) is 0.429. The Morgan fingerprint density at radius 3 is 3.06 bits per heavy atom. The van der Waals surface area contributed by atoms with Crippen LogP contribution < -0.4 is 5.32 Å². The van der Waals surface area contributed by atoms with E-state index in [2.05, 4.69) is 35.7 Å². The first kappa shape index (κ1) is 10.1. The van der Waals surface area contributed by atoms with Crippen LogP contribution in [0.2, 0.25) is 0 Å². The molecule has 0 saturated carbocycles. The van der Waals surface area contributed by atoms with Crippen molar-refractivity contribution < 1.29 is 4.74 Å². The van der Waals surface area contributed by atoms with E-state index in [9.17, 15) is 0 Å². The third-order valence-electron chi connectivity index (χ3n) is 3.39. The average molecular weight is 215 g/mol. The van der Waals surface area contributed by atoms with E-state index < -0.39 is 0 Å². The molecule has 2 heterocycles. The third-order valence-corrected chi connectivity index (χ3v) is 3.39. The van der Waals surface area contributed by atoms with Gasteiger partial charge in [0.2, 0.25) is 0 Å². The number of hydrogen-bond donors (Lipinski definition) is 1. The van der Waals surface area contributed by atoms with Gasteiger partial charge in [-0.3, -0.25) is 0 Å². The minimum absolute atomic E-state index is 0.180. The molecule has 0 aliphatic carbocycles. The fourth-order valence-electron chi connectivity index (χ4n) is 2.51. The Kier molecular flexibility index (Phi) is 2.77. The van der Waals surface area contributed by atoms with Gasteiger partial charge in [0.05, 0.1) is 6.61 Å². The summed E-state index contributed by atoms with van der Waals surface area (Å²) in [5.41, 5.74) is 4.29. The van der Waals surface area contributed by atoms with E-state index >= 15 is 0 Å². The minimum Gasteiger partial charge on any atom is -0.369 e. The number of hydrogen-bond acceptors (Lipinski definition) is 2. The third kappa shape index (κ3) is 1.91. The maximum Gasteiger partial charge on any atom is 0.101 e. The van der Waals surface area contributed by atoms with Gasteiger partial charge in [-0.05, 0) is 30.5 Å². The summed E-state index contributed by atoms with van der Waals surface area (Å²) in [5.74, 6) is 0. The molecule has 1 N–H and O–H groups in total. The summed E-state index contributed by atoms with van der Waals surface area (Å²) in [6, 6.07) is 8.63. The van der Waals surface area contributed by atoms with E-state index in [0.717, 1.165) is 26.1 Å². The molecule has 0 spiro atoms. The van der Waals surface area contributed by atoms with Crippen molar-refractivity contribution >= 4 is 0 Å². The quantitative estimate of drug-likeness (QED) is 0.725. The molecule has 16 heavy (non-hydrogen) atoms. The van der Waals surface area contributed by atoms with Crippen molar-refractivity contribution in [1.82, 2.24) is 5.32 Å². The van der Waals surface area contributed by atoms with Crippen molar-refractivity contribution in [3.63, 3.8) is 0 Å². The van der Waals surface area contributed by atoms with Crippen molar-refractivity contribution in [1.29, 1.82) is 0 Å². The normalized spacial score (nSPS) is 27.0. The second-order valence-corrected chi connectivity index (χ2v) is 4.49. The Labute approximate surface area is 96.3 Å². The first-order valence-electron chi connectivity index (χ1n) is 6.03. The molecule has 84 valence electrons. The Bertz CT molecular complexity index is 403. The molecule has 2 aliphatic rings. The summed E-state index contributed by atoms with van der Waals surface area (Å²) in [6.45, 7) is 2.99. The Balaban J connectivity index is 1.89. The van der Waals surface area contributed by atoms with E-state index in [4.69, 9.17) is 4.74 Å². The van der Waals surface area contributed by atoms with Gasteiger partial charge in [0.25, 0.3) is 0 Å². The number of benzene rings is 1. The van der Waals surface area contributed by atoms with E-state index in [1.165, 1.54) is 23.1 Å². The second-order valence-electron chi connectivity index (χ2n) is 4.49. The molecule has 2 nitrogen and oxygen atoms in total. The highest BCUT2D eigenvalue weighted by Crippen LogP contribution is 2.29. The summed E-state index contributed by atoms with van der Waals surface area (Å²) in [7, 11) is 0. The number of ether oxygens (including phenoxy) is 1. The highest BCUT2D eigenvalue weighted by molar-refractivity contribution is 5.34. The molecule has 0 aromatic heterocycles. The van der Waals surface area contributed by atoms with E-state index in [1.54, 1.807) is 0 Å². The maximum absolute atomic E-state index is 5.86. The van der Waals surface area contributed by atoms with Crippen molar-refractivity contribution in [2.45, 2.75) is 18.9 Å². The topological polar surface area (TPSA) is 21.3 Å². The zero-order valence-corrected chi connectivity index (χ0v) is 9.41. The van der Waals surface area contributed by atoms with Gasteiger partial charge >= 0.3 is 0 Å². The SMILES string of the molecule is C(=C1CCNC1)C1OCCc2ccccc21. The van der Waals surface area contributed by atoms with E-state index in [-0.39, 0.29) is 6.10 Å². The fourth-order valence-corrected chi connectivity index (χ4v) is 2.51. The molecule has 1 fully saturated rings. The molecule has 2 heteroatoms. The van der Waals surface area contributed by atoms with Gasteiger partial charge < -0.3 is 10.1 Å². The molecule has 1 unspecified atom stereocenters. The minimum atomic E-state index is 0.180. The maximum atomic E-state index is 5.86. The van der Waals surface area contributed by atoms with Crippen LogP contribution in [0.4, 0.5) is 0 Å². The molecule has 0 amide bonds. The molecule has 0 bridgehead atoms. The Morgan fingerprint density at radius 1 is 1.25 bits per heavy atom. The summed E-state index contributed by atoms with van der Waals surface area (Å²) in [6.07, 6.45) is 4.70. The smallest absolute Gasteiger partial charge is 0.101 e. The monoisotopic (exact) mass is 215 g/mol. The largest absolute Gasteiger partial charge is 0.369 e. The molecule has 1 aromatic rings. The number of rotatable bonds is 1. The predicted octanol–water partition coefficient (Wildman–Crippen LogP) is 2.22. The summed E-state index contributed by atoms with van der Waals surface area (Å²) < 4.78 is 5.86. The van der Waals surface area contributed by atoms with Gasteiger partial charge in [-0.2, -0.15) is 0 Å². The molecular formula is C14H17NO. The van der Waals surface area contributed by atoms with Crippen LogP contribution in [0.5, 0.6) is 0 Å². The first-order chi connectivity index (χ1) is 7.93. The lowest BCUT2D eigenvalue weighted by atomic mass is 9.96. The lowest BCUT2D eigenvalue weighted by Crippen LogP contribution is -2.15. The van der Waals surface area contributed by atoms with Crippen LogP contribution >= 0.6 is 0 Å². The van der Waals surface area contributed by atoms with Crippen LogP contribution in [0.3, 0.4) is 0 Å². The van der Waals surface area contributed by atoms with Gasteiger partial charge in [0.1, 0.15) is 6.10 Å². The molecule has 1 aromatic carbocycles. The van der Waals surface area contributed by atoms with Crippen LogP contribution in [0.1, 0.15) is 23.7 Å². The molecule has 2 aliphatic heterocycles. The Morgan fingerprint density at radius 2 is 2.19 bits per heavy atom. The first-order valence-corrected chi connectivity index (χ1v) is 6.03. The number of fused-ring (bicyclic) bond motifs is 1. The van der Waals surface area contributed by atoms with Gasteiger partial charge in [-0.15, -0.1) is 0 Å². The van der Waals surface area contributed by atoms with Gasteiger partial charge in [-0.25, -0.2) is 0 Å². The Hall–Kier alpha value is -1.12. The van der Waals surface area contributed by atoms with Gasteiger partial charge in [0, 0.05) is 6.54 Å². The molecule has 1 atom stereocenters. The van der Waals surface area contributed by atoms with Crippen LogP contribution in [-0.4, -0.2) is 19.7 Å². The summed E-state index contributed by atoms with van der Waals surface area (Å²) >= 11 is 0. The lowest BCUT2D eigenvalue weighted by molar-refractivity contribution is 0.0744. The van der Waals surface area contributed by atoms with Crippen molar-refractivity contribution in [2.75, 3.05) is 19.7 Å². The van der Waals surface area contributed by atoms with Crippen molar-refractivity contribution in [3.8, 4) is 0 Å². The highest BCUT2D eigenvalue weighted by atomic mass is 16.5. The van der Waals surface area contributed by atoms with Crippen molar-refractivity contribution in [3.05, 3.63) is 47.0 Å². The number of nitrogens with one attached hydrogen (secondary N) is 1. The average Bonchev–Trinajstić information content (AvgIpc) is 2.82. The molecular weight excluding hydrogens is 198 g/mol. The van der Waals surface area contributed by atoms with Crippen LogP contribution in [0.15, 0.2) is 35.9 Å².